The number of ether oxygens (including phenoxy) is 2. The predicted molar refractivity (Wildman–Crippen MR) is 108 cm³/mol. The summed E-state index contributed by atoms with van der Waals surface area (Å²) in [4.78, 5) is 23.1. The fourth-order valence-electron chi connectivity index (χ4n) is 2.52. The number of nitro benzene ring substituents is 1. The summed E-state index contributed by atoms with van der Waals surface area (Å²) in [6.07, 6.45) is 1.49. The van der Waals surface area contributed by atoms with Gasteiger partial charge in [0.25, 0.3) is 11.6 Å². The Morgan fingerprint density at radius 2 is 2.07 bits per heavy atom. The first-order valence-corrected chi connectivity index (χ1v) is 9.15. The van der Waals surface area contributed by atoms with Crippen LogP contribution in [-0.4, -0.2) is 30.8 Å². The van der Waals surface area contributed by atoms with Gasteiger partial charge >= 0.3 is 0 Å². The SMILES string of the molecule is CCOc1ccc(C=NNC(=O)c2cc3cc([N+](=O)[O-])ccc3s2)cc1OC. The second kappa shape index (κ2) is 8.49. The standard InChI is InChI=1S/C19H17N3O5S/c1-3-27-15-6-4-12(8-16(15)26-2)11-20-21-19(23)18-10-13-9-14(22(24)25)5-7-17(13)28-18/h4-11H,3H2,1-2H3,(H,21,23). The van der Waals surface area contributed by atoms with Crippen LogP contribution in [0.3, 0.4) is 0 Å². The third-order valence-electron chi connectivity index (χ3n) is 3.80. The quantitative estimate of drug-likeness (QED) is 0.368. The zero-order valence-corrected chi connectivity index (χ0v) is 16.0. The number of nitro groups is 1. The summed E-state index contributed by atoms with van der Waals surface area (Å²) in [5.41, 5.74) is 3.17. The van der Waals surface area contributed by atoms with Crippen molar-refractivity contribution in [1.82, 2.24) is 5.43 Å². The molecule has 0 saturated heterocycles. The number of benzene rings is 2. The largest absolute Gasteiger partial charge is 0.493 e. The smallest absolute Gasteiger partial charge is 0.281 e. The minimum absolute atomic E-state index is 0.0141. The molecule has 0 spiro atoms. The van der Waals surface area contributed by atoms with Crippen molar-refractivity contribution in [3.05, 3.63) is 63.0 Å². The number of carbonyl (C=O) groups excluding carboxylic acids is 1. The maximum absolute atomic E-state index is 12.3. The van der Waals surface area contributed by atoms with E-state index in [9.17, 15) is 14.9 Å². The third-order valence-corrected chi connectivity index (χ3v) is 4.92. The van der Waals surface area contributed by atoms with Crippen molar-refractivity contribution in [2.45, 2.75) is 6.92 Å². The van der Waals surface area contributed by atoms with E-state index in [-0.39, 0.29) is 5.69 Å². The molecule has 0 saturated carbocycles. The third kappa shape index (κ3) is 4.26. The monoisotopic (exact) mass is 399 g/mol. The molecule has 2 aromatic carbocycles. The molecule has 0 aliphatic carbocycles. The summed E-state index contributed by atoms with van der Waals surface area (Å²) < 4.78 is 11.5. The number of thiophene rings is 1. The summed E-state index contributed by atoms with van der Waals surface area (Å²) in [5.74, 6) is 0.812. The summed E-state index contributed by atoms with van der Waals surface area (Å²) in [7, 11) is 1.55. The van der Waals surface area contributed by atoms with E-state index in [1.807, 2.05) is 6.92 Å². The second-order valence-corrected chi connectivity index (χ2v) is 6.72. The number of fused-ring (bicyclic) bond motifs is 1. The molecule has 9 heteroatoms. The van der Waals surface area contributed by atoms with Gasteiger partial charge in [0.05, 0.1) is 29.7 Å². The van der Waals surface area contributed by atoms with Gasteiger partial charge in [-0.2, -0.15) is 5.10 Å². The van der Waals surface area contributed by atoms with Gasteiger partial charge in [-0.05, 0) is 42.8 Å². The van der Waals surface area contributed by atoms with E-state index in [0.717, 1.165) is 10.3 Å². The van der Waals surface area contributed by atoms with E-state index >= 15 is 0 Å². The number of methoxy groups -OCH3 is 1. The molecule has 1 amide bonds. The molecule has 8 nitrogen and oxygen atoms in total. The van der Waals surface area contributed by atoms with Gasteiger partial charge in [-0.1, -0.05) is 0 Å². The highest BCUT2D eigenvalue weighted by Crippen LogP contribution is 2.29. The van der Waals surface area contributed by atoms with Crippen LogP contribution in [0, 0.1) is 10.1 Å². The Hall–Kier alpha value is -3.46. The van der Waals surface area contributed by atoms with Crippen LogP contribution in [0.2, 0.25) is 0 Å². The maximum Gasteiger partial charge on any atom is 0.281 e. The first kappa shape index (κ1) is 19.3. The van der Waals surface area contributed by atoms with Crippen LogP contribution in [0.5, 0.6) is 11.5 Å². The van der Waals surface area contributed by atoms with Gasteiger partial charge in [-0.3, -0.25) is 14.9 Å². The molecule has 0 atom stereocenters. The lowest BCUT2D eigenvalue weighted by Gasteiger charge is -2.09. The number of nitrogens with zero attached hydrogens (tertiary/aromatic N) is 2. The number of non-ortho nitro benzene ring substituents is 1. The molecule has 0 fully saturated rings. The van der Waals surface area contributed by atoms with Gasteiger partial charge < -0.3 is 9.47 Å². The number of hydrogen-bond acceptors (Lipinski definition) is 7. The molecular weight excluding hydrogens is 382 g/mol. The Morgan fingerprint density at radius 3 is 2.79 bits per heavy atom. The Labute approximate surface area is 164 Å². The lowest BCUT2D eigenvalue weighted by Crippen LogP contribution is -2.16. The van der Waals surface area contributed by atoms with E-state index in [1.165, 1.54) is 29.7 Å². The van der Waals surface area contributed by atoms with Gasteiger partial charge in [0.1, 0.15) is 0 Å². The Kier molecular flexibility index (Phi) is 5.85. The van der Waals surface area contributed by atoms with Crippen molar-refractivity contribution in [2.75, 3.05) is 13.7 Å². The molecule has 1 N–H and O–H groups in total. The first-order chi connectivity index (χ1) is 13.5. The van der Waals surface area contributed by atoms with Gasteiger partial charge in [-0.15, -0.1) is 11.3 Å². The van der Waals surface area contributed by atoms with E-state index in [4.69, 9.17) is 9.47 Å². The van der Waals surface area contributed by atoms with Crippen molar-refractivity contribution in [3.8, 4) is 11.5 Å². The summed E-state index contributed by atoms with van der Waals surface area (Å²) in [6, 6.07) is 11.4. The summed E-state index contributed by atoms with van der Waals surface area (Å²) in [5, 5.41) is 15.5. The summed E-state index contributed by atoms with van der Waals surface area (Å²) in [6.45, 7) is 2.41. The fraction of sp³-hybridized carbons (Fsp3) is 0.158. The second-order valence-electron chi connectivity index (χ2n) is 5.63. The topological polar surface area (TPSA) is 103 Å². The Bertz CT molecular complexity index is 1060. The zero-order valence-electron chi connectivity index (χ0n) is 15.2. The molecule has 0 unspecified atom stereocenters. The van der Waals surface area contributed by atoms with Gasteiger partial charge in [-0.25, -0.2) is 5.43 Å². The molecule has 3 rings (SSSR count). The maximum atomic E-state index is 12.3. The number of hydrogen-bond donors (Lipinski definition) is 1. The molecule has 0 aliphatic rings. The Balaban J connectivity index is 1.71. The van der Waals surface area contributed by atoms with Gasteiger partial charge in [0.15, 0.2) is 11.5 Å². The van der Waals surface area contributed by atoms with Crippen molar-refractivity contribution in [3.63, 3.8) is 0 Å². The lowest BCUT2D eigenvalue weighted by atomic mass is 10.2. The highest BCUT2D eigenvalue weighted by atomic mass is 32.1. The predicted octanol–water partition coefficient (Wildman–Crippen LogP) is 3.98. The molecule has 0 bridgehead atoms. The molecule has 1 heterocycles. The van der Waals surface area contributed by atoms with Gasteiger partial charge in [0, 0.05) is 22.2 Å². The van der Waals surface area contributed by atoms with Crippen LogP contribution >= 0.6 is 11.3 Å². The molecule has 0 aliphatic heterocycles. The Morgan fingerprint density at radius 1 is 1.25 bits per heavy atom. The van der Waals surface area contributed by atoms with E-state index in [2.05, 4.69) is 10.5 Å². The van der Waals surface area contributed by atoms with Crippen molar-refractivity contribution < 1.29 is 19.2 Å². The number of amides is 1. The van der Waals surface area contributed by atoms with Crippen LogP contribution in [0.4, 0.5) is 5.69 Å². The summed E-state index contributed by atoms with van der Waals surface area (Å²) >= 11 is 1.24. The molecule has 28 heavy (non-hydrogen) atoms. The normalized spacial score (nSPS) is 10.9. The van der Waals surface area contributed by atoms with Crippen LogP contribution in [0.1, 0.15) is 22.2 Å². The van der Waals surface area contributed by atoms with Crippen LogP contribution in [-0.2, 0) is 0 Å². The molecule has 144 valence electrons. The van der Waals surface area contributed by atoms with Crippen LogP contribution in [0.25, 0.3) is 10.1 Å². The molecule has 3 aromatic rings. The fourth-order valence-corrected chi connectivity index (χ4v) is 3.45. The van der Waals surface area contributed by atoms with Crippen LogP contribution < -0.4 is 14.9 Å². The highest BCUT2D eigenvalue weighted by Gasteiger charge is 2.13. The van der Waals surface area contributed by atoms with E-state index in [0.29, 0.717) is 28.4 Å². The van der Waals surface area contributed by atoms with Crippen LogP contribution in [0.15, 0.2) is 47.6 Å². The number of hydrazone groups is 1. The molecular formula is C19H17N3O5S. The average Bonchev–Trinajstić information content (AvgIpc) is 3.12. The lowest BCUT2D eigenvalue weighted by molar-refractivity contribution is -0.384. The highest BCUT2D eigenvalue weighted by molar-refractivity contribution is 7.20. The average molecular weight is 399 g/mol. The van der Waals surface area contributed by atoms with Crippen molar-refractivity contribution in [1.29, 1.82) is 0 Å². The van der Waals surface area contributed by atoms with Crippen molar-refractivity contribution in [2.24, 2.45) is 5.10 Å². The number of rotatable bonds is 7. The number of carbonyl (C=O) groups is 1. The molecule has 0 radical (unpaired) electrons. The molecule has 1 aromatic heterocycles. The van der Waals surface area contributed by atoms with Crippen molar-refractivity contribution >= 4 is 39.2 Å². The van der Waals surface area contributed by atoms with E-state index in [1.54, 1.807) is 37.4 Å². The first-order valence-electron chi connectivity index (χ1n) is 8.34. The van der Waals surface area contributed by atoms with E-state index < -0.39 is 10.8 Å². The number of nitrogens with one attached hydrogen (secondary N) is 1. The van der Waals surface area contributed by atoms with Gasteiger partial charge in [0.2, 0.25) is 0 Å². The zero-order chi connectivity index (χ0) is 20.1. The minimum atomic E-state index is -0.466. The minimum Gasteiger partial charge on any atom is -0.493 e.